The molecule has 0 fully saturated rings. The highest BCUT2D eigenvalue weighted by atomic mass is 35.5. The number of hydrogen-bond acceptors (Lipinski definition) is 4. The predicted molar refractivity (Wildman–Crippen MR) is 73.3 cm³/mol. The molecule has 0 aliphatic rings. The molecule has 96 valence electrons. The summed E-state index contributed by atoms with van der Waals surface area (Å²) in [7, 11) is 0. The van der Waals surface area contributed by atoms with Gasteiger partial charge in [0.25, 0.3) is 0 Å². The van der Waals surface area contributed by atoms with Gasteiger partial charge in [0.15, 0.2) is 5.82 Å². The summed E-state index contributed by atoms with van der Waals surface area (Å²) in [5.74, 6) is 1.83. The van der Waals surface area contributed by atoms with E-state index in [1.54, 1.807) is 6.20 Å². The zero-order chi connectivity index (χ0) is 13.0. The molecule has 0 saturated carbocycles. The van der Waals surface area contributed by atoms with E-state index in [9.17, 15) is 0 Å². The standard InChI is InChI=1S/C12H21ClN4/c1-8(2)6-17(7-9(3)4)11-10(14)5-15-12(13)16-11/h5,8-9H,6-7,14H2,1-4H3. The van der Waals surface area contributed by atoms with Crippen LogP contribution in [-0.2, 0) is 0 Å². The Kier molecular flexibility index (Phi) is 5.00. The van der Waals surface area contributed by atoms with Gasteiger partial charge >= 0.3 is 0 Å². The van der Waals surface area contributed by atoms with Crippen LogP contribution in [0.3, 0.4) is 0 Å². The van der Waals surface area contributed by atoms with Crippen LogP contribution < -0.4 is 10.6 Å². The van der Waals surface area contributed by atoms with Gasteiger partial charge in [0.2, 0.25) is 5.28 Å². The average Bonchev–Trinajstić information content (AvgIpc) is 2.19. The molecule has 0 aliphatic heterocycles. The third-order valence-corrected chi connectivity index (χ3v) is 2.42. The van der Waals surface area contributed by atoms with Crippen molar-refractivity contribution in [3.05, 3.63) is 11.5 Å². The van der Waals surface area contributed by atoms with Crippen LogP contribution in [0.25, 0.3) is 0 Å². The van der Waals surface area contributed by atoms with E-state index in [2.05, 4.69) is 42.6 Å². The third kappa shape index (κ3) is 4.38. The molecule has 0 bridgehead atoms. The van der Waals surface area contributed by atoms with Crippen LogP contribution in [0.15, 0.2) is 6.20 Å². The predicted octanol–water partition coefficient (Wildman–Crippen LogP) is 2.83. The molecule has 0 aliphatic carbocycles. The van der Waals surface area contributed by atoms with Gasteiger partial charge < -0.3 is 10.6 Å². The fourth-order valence-electron chi connectivity index (χ4n) is 1.74. The molecule has 0 unspecified atom stereocenters. The lowest BCUT2D eigenvalue weighted by atomic mass is 10.1. The van der Waals surface area contributed by atoms with E-state index in [1.807, 2.05) is 0 Å². The molecule has 0 atom stereocenters. The quantitative estimate of drug-likeness (QED) is 0.823. The molecule has 0 aromatic carbocycles. The highest BCUT2D eigenvalue weighted by Crippen LogP contribution is 2.23. The summed E-state index contributed by atoms with van der Waals surface area (Å²) in [4.78, 5) is 10.3. The van der Waals surface area contributed by atoms with E-state index in [1.165, 1.54) is 0 Å². The van der Waals surface area contributed by atoms with Crippen molar-refractivity contribution in [2.24, 2.45) is 11.8 Å². The SMILES string of the molecule is CC(C)CN(CC(C)C)c1nc(Cl)ncc1N. The highest BCUT2D eigenvalue weighted by molar-refractivity contribution is 6.28. The first-order chi connectivity index (χ1) is 7.90. The third-order valence-electron chi connectivity index (χ3n) is 2.24. The van der Waals surface area contributed by atoms with Gasteiger partial charge in [0, 0.05) is 13.1 Å². The summed E-state index contributed by atoms with van der Waals surface area (Å²) >= 11 is 5.83. The Balaban J connectivity index is 2.98. The van der Waals surface area contributed by atoms with E-state index < -0.39 is 0 Å². The van der Waals surface area contributed by atoms with Crippen molar-refractivity contribution in [2.75, 3.05) is 23.7 Å². The first kappa shape index (κ1) is 14.0. The molecular weight excluding hydrogens is 236 g/mol. The molecule has 0 radical (unpaired) electrons. The number of aromatic nitrogens is 2. The first-order valence-electron chi connectivity index (χ1n) is 5.93. The van der Waals surface area contributed by atoms with Crippen molar-refractivity contribution in [3.8, 4) is 0 Å². The summed E-state index contributed by atoms with van der Waals surface area (Å²) in [6, 6.07) is 0. The average molecular weight is 257 g/mol. The van der Waals surface area contributed by atoms with Gasteiger partial charge in [-0.25, -0.2) is 4.98 Å². The van der Waals surface area contributed by atoms with E-state index in [0.29, 0.717) is 17.5 Å². The molecule has 2 N–H and O–H groups in total. The number of nitrogens with zero attached hydrogens (tertiary/aromatic N) is 3. The number of nitrogen functional groups attached to an aromatic ring is 1. The zero-order valence-corrected chi connectivity index (χ0v) is 11.7. The van der Waals surface area contributed by atoms with Gasteiger partial charge in [-0.2, -0.15) is 4.98 Å². The number of hydrogen-bond donors (Lipinski definition) is 1. The van der Waals surface area contributed by atoms with Crippen LogP contribution in [0.2, 0.25) is 5.28 Å². The van der Waals surface area contributed by atoms with Crippen LogP contribution in [0.1, 0.15) is 27.7 Å². The smallest absolute Gasteiger partial charge is 0.224 e. The second-order valence-corrected chi connectivity index (χ2v) is 5.45. The number of halogens is 1. The van der Waals surface area contributed by atoms with Gasteiger partial charge in [-0.15, -0.1) is 0 Å². The van der Waals surface area contributed by atoms with E-state index in [-0.39, 0.29) is 5.28 Å². The molecule has 17 heavy (non-hydrogen) atoms. The maximum Gasteiger partial charge on any atom is 0.224 e. The molecular formula is C12H21ClN4. The van der Waals surface area contributed by atoms with Crippen molar-refractivity contribution in [3.63, 3.8) is 0 Å². The lowest BCUT2D eigenvalue weighted by molar-refractivity contribution is 0.549. The fraction of sp³-hybridized carbons (Fsp3) is 0.667. The van der Waals surface area contributed by atoms with Crippen LogP contribution in [0.5, 0.6) is 0 Å². The maximum absolute atomic E-state index is 5.92. The Hall–Kier alpha value is -1.03. The first-order valence-corrected chi connectivity index (χ1v) is 6.31. The molecule has 5 heteroatoms. The Labute approximate surface area is 108 Å². The lowest BCUT2D eigenvalue weighted by Crippen LogP contribution is -2.32. The molecule has 0 saturated heterocycles. The van der Waals surface area contributed by atoms with Crippen molar-refractivity contribution in [1.29, 1.82) is 0 Å². The van der Waals surface area contributed by atoms with Crippen LogP contribution in [0.4, 0.5) is 11.5 Å². The normalized spacial score (nSPS) is 11.2. The second kappa shape index (κ2) is 6.05. The topological polar surface area (TPSA) is 55.0 Å². The summed E-state index contributed by atoms with van der Waals surface area (Å²) in [6.07, 6.45) is 1.57. The van der Waals surface area contributed by atoms with Gasteiger partial charge in [-0.1, -0.05) is 27.7 Å². The Morgan fingerprint density at radius 1 is 1.24 bits per heavy atom. The van der Waals surface area contributed by atoms with E-state index in [0.717, 1.165) is 18.9 Å². The Morgan fingerprint density at radius 2 is 1.76 bits per heavy atom. The van der Waals surface area contributed by atoms with Gasteiger partial charge in [-0.05, 0) is 23.4 Å². The van der Waals surface area contributed by atoms with Crippen molar-refractivity contribution in [1.82, 2.24) is 9.97 Å². The minimum absolute atomic E-state index is 0.242. The summed E-state index contributed by atoms with van der Waals surface area (Å²) in [5, 5.41) is 0.242. The monoisotopic (exact) mass is 256 g/mol. The van der Waals surface area contributed by atoms with Crippen molar-refractivity contribution < 1.29 is 0 Å². The van der Waals surface area contributed by atoms with E-state index >= 15 is 0 Å². The molecule has 0 spiro atoms. The van der Waals surface area contributed by atoms with Gasteiger partial charge in [-0.3, -0.25) is 0 Å². The number of anilines is 2. The lowest BCUT2D eigenvalue weighted by Gasteiger charge is -2.28. The largest absolute Gasteiger partial charge is 0.394 e. The summed E-state index contributed by atoms with van der Waals surface area (Å²) < 4.78 is 0. The summed E-state index contributed by atoms with van der Waals surface area (Å²) in [6.45, 7) is 10.5. The minimum Gasteiger partial charge on any atom is -0.394 e. The Morgan fingerprint density at radius 3 is 2.24 bits per heavy atom. The number of nitrogens with two attached hydrogens (primary N) is 1. The van der Waals surface area contributed by atoms with Crippen LogP contribution in [0, 0.1) is 11.8 Å². The molecule has 1 rings (SSSR count). The van der Waals surface area contributed by atoms with Gasteiger partial charge in [0.1, 0.15) is 0 Å². The van der Waals surface area contributed by atoms with Gasteiger partial charge in [0.05, 0.1) is 11.9 Å². The highest BCUT2D eigenvalue weighted by Gasteiger charge is 2.15. The molecule has 0 amide bonds. The molecule has 1 aromatic rings. The molecule has 1 heterocycles. The molecule has 1 aromatic heterocycles. The van der Waals surface area contributed by atoms with Crippen LogP contribution >= 0.6 is 11.6 Å². The zero-order valence-electron chi connectivity index (χ0n) is 10.9. The molecule has 4 nitrogen and oxygen atoms in total. The minimum atomic E-state index is 0.242. The number of rotatable bonds is 5. The van der Waals surface area contributed by atoms with Crippen molar-refractivity contribution >= 4 is 23.1 Å². The Bertz CT molecular complexity index is 356. The van der Waals surface area contributed by atoms with Crippen LogP contribution in [-0.4, -0.2) is 23.1 Å². The van der Waals surface area contributed by atoms with Crippen molar-refractivity contribution in [2.45, 2.75) is 27.7 Å². The second-order valence-electron chi connectivity index (χ2n) is 5.11. The summed E-state index contributed by atoms with van der Waals surface area (Å²) in [5.41, 5.74) is 6.50. The maximum atomic E-state index is 5.92. The fourth-order valence-corrected chi connectivity index (χ4v) is 1.87. The van der Waals surface area contributed by atoms with E-state index in [4.69, 9.17) is 17.3 Å².